The Balaban J connectivity index is 2.12. The number of carbonyl (C=O) groups is 2. The van der Waals surface area contributed by atoms with Crippen molar-refractivity contribution in [1.29, 1.82) is 0 Å². The maximum absolute atomic E-state index is 12.8. The molecule has 2 atom stereocenters. The van der Waals surface area contributed by atoms with Crippen molar-refractivity contribution in [2.24, 2.45) is 11.8 Å². The van der Waals surface area contributed by atoms with Crippen LogP contribution >= 0.6 is 0 Å². The van der Waals surface area contributed by atoms with Gasteiger partial charge in [-0.3, -0.25) is 4.79 Å². The van der Waals surface area contributed by atoms with Gasteiger partial charge in [0.15, 0.2) is 0 Å². The number of hydrogen-bond acceptors (Lipinski definition) is 6. The van der Waals surface area contributed by atoms with Crippen molar-refractivity contribution in [2.45, 2.75) is 37.6 Å². The summed E-state index contributed by atoms with van der Waals surface area (Å²) in [4.78, 5) is 23.8. The van der Waals surface area contributed by atoms with Gasteiger partial charge in [0, 0.05) is 13.1 Å². The Kier molecular flexibility index (Phi) is 6.83. The zero-order valence-electron chi connectivity index (χ0n) is 15.7. The normalized spacial score (nSPS) is 19.5. The van der Waals surface area contributed by atoms with Crippen LogP contribution in [0.4, 0.5) is 0 Å². The van der Waals surface area contributed by atoms with E-state index in [1.165, 1.54) is 23.5 Å². The van der Waals surface area contributed by atoms with Crippen molar-refractivity contribution < 1.29 is 27.9 Å². The molecular formula is C18H25N2O6S-. The van der Waals surface area contributed by atoms with E-state index in [0.29, 0.717) is 25.1 Å². The maximum atomic E-state index is 12.8. The van der Waals surface area contributed by atoms with Crippen LogP contribution in [0, 0.1) is 11.8 Å². The second-order valence-electron chi connectivity index (χ2n) is 6.93. The van der Waals surface area contributed by atoms with Crippen LogP contribution in [-0.4, -0.2) is 50.8 Å². The van der Waals surface area contributed by atoms with Crippen molar-refractivity contribution in [1.82, 2.24) is 9.62 Å². The van der Waals surface area contributed by atoms with Gasteiger partial charge in [0.05, 0.1) is 29.9 Å². The molecule has 9 heteroatoms. The average Bonchev–Trinajstić information content (AvgIpc) is 2.65. The summed E-state index contributed by atoms with van der Waals surface area (Å²) in [5.41, 5.74) is 0. The Labute approximate surface area is 159 Å². The highest BCUT2D eigenvalue weighted by molar-refractivity contribution is 7.89. The number of piperidine rings is 1. The highest BCUT2D eigenvalue weighted by Gasteiger charge is 2.34. The number of carbonyl (C=O) groups excluding carboxylic acids is 2. The lowest BCUT2D eigenvalue weighted by atomic mass is 9.97. The molecule has 8 nitrogen and oxygen atoms in total. The van der Waals surface area contributed by atoms with Crippen LogP contribution in [0.5, 0.6) is 5.75 Å². The van der Waals surface area contributed by atoms with E-state index in [4.69, 9.17) is 4.74 Å². The Morgan fingerprint density at radius 2 is 1.89 bits per heavy atom. The molecule has 1 heterocycles. The molecule has 1 aromatic rings. The monoisotopic (exact) mass is 397 g/mol. The molecule has 1 amide bonds. The standard InChI is InChI=1S/C18H26N2O6S/c1-12(2)16(18(22)23)19-17(21)13-5-4-10-20(11-13)27(24,25)15-8-6-14(26-3)7-9-15/h6-9,12-13,16H,4-5,10-11H2,1-3H3,(H,19,21)(H,22,23)/p-1/t13-,16-/m0/s1. The molecule has 1 N–H and O–H groups in total. The van der Waals surface area contributed by atoms with Gasteiger partial charge < -0.3 is 20.0 Å². The lowest BCUT2D eigenvalue weighted by Gasteiger charge is -2.33. The van der Waals surface area contributed by atoms with E-state index in [-0.39, 0.29) is 17.4 Å². The number of nitrogens with one attached hydrogen (secondary N) is 1. The first kappa shape index (κ1) is 21.2. The van der Waals surface area contributed by atoms with Crippen molar-refractivity contribution in [3.63, 3.8) is 0 Å². The predicted molar refractivity (Wildman–Crippen MR) is 96.3 cm³/mol. The molecule has 1 aromatic carbocycles. The van der Waals surface area contributed by atoms with Crippen molar-refractivity contribution in [3.8, 4) is 5.75 Å². The molecule has 0 bridgehead atoms. The van der Waals surface area contributed by atoms with E-state index in [2.05, 4.69) is 5.32 Å². The summed E-state index contributed by atoms with van der Waals surface area (Å²) in [6.07, 6.45) is 1.02. The average molecular weight is 397 g/mol. The van der Waals surface area contributed by atoms with Gasteiger partial charge in [-0.15, -0.1) is 0 Å². The zero-order valence-corrected chi connectivity index (χ0v) is 16.5. The number of rotatable bonds is 7. The number of aliphatic carboxylic acids is 1. The molecular weight excluding hydrogens is 372 g/mol. The fourth-order valence-corrected chi connectivity index (χ4v) is 4.56. The minimum Gasteiger partial charge on any atom is -0.548 e. The third-order valence-electron chi connectivity index (χ3n) is 4.67. The van der Waals surface area contributed by atoms with E-state index in [1.54, 1.807) is 26.0 Å². The minimum absolute atomic E-state index is 0.0120. The van der Waals surface area contributed by atoms with Crippen LogP contribution in [0.15, 0.2) is 29.2 Å². The first-order valence-corrected chi connectivity index (χ1v) is 10.3. The number of hydrogen-bond donors (Lipinski definition) is 1. The number of methoxy groups -OCH3 is 1. The molecule has 27 heavy (non-hydrogen) atoms. The predicted octanol–water partition coefficient (Wildman–Crippen LogP) is -0.0134. The summed E-state index contributed by atoms with van der Waals surface area (Å²) in [6, 6.07) is 4.94. The molecule has 1 saturated heterocycles. The van der Waals surface area contributed by atoms with Crippen molar-refractivity contribution in [2.75, 3.05) is 20.2 Å². The number of benzene rings is 1. The van der Waals surface area contributed by atoms with E-state index in [1.807, 2.05) is 0 Å². The fourth-order valence-electron chi connectivity index (χ4n) is 3.04. The molecule has 1 aliphatic heterocycles. The summed E-state index contributed by atoms with van der Waals surface area (Å²) >= 11 is 0. The molecule has 0 spiro atoms. The SMILES string of the molecule is COc1ccc(S(=O)(=O)N2CCC[C@H](C(=O)N[C@H](C(=O)[O-])C(C)C)C2)cc1. The molecule has 0 radical (unpaired) electrons. The van der Waals surface area contributed by atoms with E-state index in [0.717, 1.165) is 0 Å². The number of amides is 1. The number of sulfonamides is 1. The highest BCUT2D eigenvalue weighted by atomic mass is 32.2. The van der Waals surface area contributed by atoms with Gasteiger partial charge in [-0.1, -0.05) is 13.8 Å². The molecule has 1 fully saturated rings. The number of carboxylic acids is 1. The van der Waals surface area contributed by atoms with E-state index >= 15 is 0 Å². The van der Waals surface area contributed by atoms with Gasteiger partial charge >= 0.3 is 0 Å². The van der Waals surface area contributed by atoms with Gasteiger partial charge in [0.25, 0.3) is 0 Å². The first-order valence-electron chi connectivity index (χ1n) is 8.82. The van der Waals surface area contributed by atoms with Crippen molar-refractivity contribution >= 4 is 21.9 Å². The lowest BCUT2D eigenvalue weighted by Crippen LogP contribution is -2.54. The molecule has 0 aromatic heterocycles. The Bertz CT molecular complexity index is 776. The van der Waals surface area contributed by atoms with Crippen LogP contribution in [0.1, 0.15) is 26.7 Å². The third kappa shape index (κ3) is 4.98. The zero-order chi connectivity index (χ0) is 20.2. The van der Waals surface area contributed by atoms with Gasteiger partial charge in [0.2, 0.25) is 15.9 Å². The van der Waals surface area contributed by atoms with Crippen LogP contribution < -0.4 is 15.2 Å². The Hall–Kier alpha value is -2.13. The quantitative estimate of drug-likeness (QED) is 0.692. The Morgan fingerprint density at radius 1 is 1.26 bits per heavy atom. The van der Waals surface area contributed by atoms with Gasteiger partial charge in [-0.25, -0.2) is 8.42 Å². The van der Waals surface area contributed by atoms with Crippen molar-refractivity contribution in [3.05, 3.63) is 24.3 Å². The van der Waals surface area contributed by atoms with Crippen LogP contribution in [0.25, 0.3) is 0 Å². The molecule has 2 rings (SSSR count). The first-order chi connectivity index (χ1) is 12.7. The Morgan fingerprint density at radius 3 is 2.41 bits per heavy atom. The van der Waals surface area contributed by atoms with Crippen LogP contribution in [-0.2, 0) is 19.6 Å². The molecule has 150 valence electrons. The molecule has 0 saturated carbocycles. The number of carboxylic acid groups (broad SMARTS) is 1. The maximum Gasteiger partial charge on any atom is 0.243 e. The second kappa shape index (κ2) is 8.71. The summed E-state index contributed by atoms with van der Waals surface area (Å²) < 4.78 is 32.0. The highest BCUT2D eigenvalue weighted by Crippen LogP contribution is 2.25. The largest absolute Gasteiger partial charge is 0.548 e. The van der Waals surface area contributed by atoms with E-state index in [9.17, 15) is 23.1 Å². The van der Waals surface area contributed by atoms with Crippen LogP contribution in [0.2, 0.25) is 0 Å². The number of ether oxygens (including phenoxy) is 1. The van der Waals surface area contributed by atoms with Gasteiger partial charge in [-0.2, -0.15) is 4.31 Å². The number of nitrogens with zero attached hydrogens (tertiary/aromatic N) is 1. The molecule has 0 aliphatic carbocycles. The van der Waals surface area contributed by atoms with Crippen LogP contribution in [0.3, 0.4) is 0 Å². The lowest BCUT2D eigenvalue weighted by molar-refractivity contribution is -0.309. The summed E-state index contributed by atoms with van der Waals surface area (Å²) in [5.74, 6) is -2.20. The van der Waals surface area contributed by atoms with Gasteiger partial charge in [0.1, 0.15) is 5.75 Å². The fraction of sp³-hybridized carbons (Fsp3) is 0.556. The minimum atomic E-state index is -3.75. The molecule has 0 unspecified atom stereocenters. The molecule has 1 aliphatic rings. The summed E-state index contributed by atoms with van der Waals surface area (Å²) in [6.45, 7) is 3.66. The van der Waals surface area contributed by atoms with E-state index < -0.39 is 33.9 Å². The third-order valence-corrected chi connectivity index (χ3v) is 6.55. The summed E-state index contributed by atoms with van der Waals surface area (Å²) in [7, 11) is -2.25. The smallest absolute Gasteiger partial charge is 0.243 e. The topological polar surface area (TPSA) is 116 Å². The van der Waals surface area contributed by atoms with Gasteiger partial charge in [-0.05, 0) is 43.0 Å². The summed E-state index contributed by atoms with van der Waals surface area (Å²) in [5, 5.41) is 13.7. The second-order valence-corrected chi connectivity index (χ2v) is 8.86.